The zero-order valence-electron chi connectivity index (χ0n) is 9.14. The Morgan fingerprint density at radius 1 is 1.31 bits per heavy atom. The number of rotatable bonds is 2. The van der Waals surface area contributed by atoms with Gasteiger partial charge in [-0.15, -0.1) is 0 Å². The first-order chi connectivity index (χ1) is 7.74. The van der Waals surface area contributed by atoms with Crippen LogP contribution >= 0.6 is 0 Å². The number of hydrogen-bond acceptors (Lipinski definition) is 3. The summed E-state index contributed by atoms with van der Waals surface area (Å²) in [4.78, 5) is 10.5. The Hall–Kier alpha value is -2.17. The largest absolute Gasteiger partial charge is 0.396 e. The highest BCUT2D eigenvalue weighted by molar-refractivity contribution is 6.54. The van der Waals surface area contributed by atoms with Crippen molar-refractivity contribution < 1.29 is 4.84 Å². The third kappa shape index (κ3) is 1.67. The molecule has 0 fully saturated rings. The summed E-state index contributed by atoms with van der Waals surface area (Å²) in [7, 11) is 1.46. The molecule has 1 heterocycles. The molecule has 1 aromatic carbocycles. The number of para-hydroxylation sites is 1. The monoisotopic (exact) mass is 216 g/mol. The van der Waals surface area contributed by atoms with Crippen LogP contribution in [0.1, 0.15) is 6.92 Å². The average molecular weight is 216 g/mol. The molecule has 5 nitrogen and oxygen atoms in total. The number of amidine groups is 1. The summed E-state index contributed by atoms with van der Waals surface area (Å²) in [5, 5.41) is 11.7. The Morgan fingerprint density at radius 2 is 2.00 bits per heavy atom. The normalized spacial score (nSPS) is 17.9. The summed E-state index contributed by atoms with van der Waals surface area (Å²) >= 11 is 0. The van der Waals surface area contributed by atoms with Gasteiger partial charge in [0.2, 0.25) is 0 Å². The lowest BCUT2D eigenvalue weighted by Crippen LogP contribution is -2.32. The van der Waals surface area contributed by atoms with Crippen LogP contribution in [-0.2, 0) is 4.84 Å². The lowest BCUT2D eigenvalue weighted by atomic mass is 10.3. The van der Waals surface area contributed by atoms with E-state index in [-0.39, 0.29) is 0 Å². The zero-order chi connectivity index (χ0) is 11.5. The topological polar surface area (TPSA) is 61.0 Å². The molecule has 0 saturated heterocycles. The number of nitrogens with one attached hydrogen (secondary N) is 1. The molecule has 0 aromatic heterocycles. The fourth-order valence-electron chi connectivity index (χ4n) is 1.48. The third-order valence-corrected chi connectivity index (χ3v) is 2.22. The predicted octanol–water partition coefficient (Wildman–Crippen LogP) is 1.86. The van der Waals surface area contributed by atoms with Crippen molar-refractivity contribution in [3.8, 4) is 0 Å². The molecular weight excluding hydrogens is 204 g/mol. The summed E-state index contributed by atoms with van der Waals surface area (Å²) in [6, 6.07) is 9.52. The van der Waals surface area contributed by atoms with E-state index >= 15 is 0 Å². The number of nitrogens with zero attached hydrogens (tertiary/aromatic N) is 3. The number of anilines is 1. The summed E-state index contributed by atoms with van der Waals surface area (Å²) in [6.45, 7) is 1.77. The molecule has 16 heavy (non-hydrogen) atoms. The highest BCUT2D eigenvalue weighted by Gasteiger charge is 2.27. The highest BCUT2D eigenvalue weighted by atomic mass is 16.6. The first kappa shape index (κ1) is 10.4. The van der Waals surface area contributed by atoms with Gasteiger partial charge in [-0.1, -0.05) is 18.2 Å². The van der Waals surface area contributed by atoms with Crippen molar-refractivity contribution in [2.75, 3.05) is 12.0 Å². The van der Waals surface area contributed by atoms with E-state index in [0.29, 0.717) is 17.5 Å². The van der Waals surface area contributed by atoms with Gasteiger partial charge in [-0.3, -0.25) is 10.3 Å². The van der Waals surface area contributed by atoms with Gasteiger partial charge in [-0.05, 0) is 24.2 Å². The number of oxime groups is 1. The standard InChI is InChI=1S/C11H12N4O/c1-8-10(12)15(11(13-8)14-16-2)9-6-4-3-5-7-9/h3-7,12H,1-2H3/b12-10?,14-11-. The van der Waals surface area contributed by atoms with Crippen LogP contribution < -0.4 is 4.90 Å². The molecule has 0 radical (unpaired) electrons. The molecule has 0 saturated carbocycles. The Labute approximate surface area is 93.6 Å². The molecule has 0 atom stereocenters. The van der Waals surface area contributed by atoms with Crippen LogP contribution in [0.5, 0.6) is 0 Å². The van der Waals surface area contributed by atoms with Gasteiger partial charge in [0.15, 0.2) is 5.84 Å². The van der Waals surface area contributed by atoms with Crippen LogP contribution in [0.2, 0.25) is 0 Å². The molecule has 0 unspecified atom stereocenters. The fourth-order valence-corrected chi connectivity index (χ4v) is 1.48. The van der Waals surface area contributed by atoms with E-state index in [2.05, 4.69) is 10.1 Å². The summed E-state index contributed by atoms with van der Waals surface area (Å²) in [5.74, 6) is 0.707. The van der Waals surface area contributed by atoms with Gasteiger partial charge in [-0.2, -0.15) is 0 Å². The van der Waals surface area contributed by atoms with Gasteiger partial charge in [0.1, 0.15) is 7.11 Å². The van der Waals surface area contributed by atoms with E-state index < -0.39 is 0 Å². The Kier molecular flexibility index (Phi) is 2.68. The lowest BCUT2D eigenvalue weighted by Gasteiger charge is -2.16. The van der Waals surface area contributed by atoms with E-state index in [1.165, 1.54) is 7.11 Å². The number of aliphatic imine (C=N–C) groups is 1. The Bertz CT molecular complexity index is 464. The van der Waals surface area contributed by atoms with E-state index in [9.17, 15) is 0 Å². The lowest BCUT2D eigenvalue weighted by molar-refractivity contribution is 0.212. The van der Waals surface area contributed by atoms with Crippen molar-refractivity contribution in [3.05, 3.63) is 30.3 Å². The van der Waals surface area contributed by atoms with Crippen molar-refractivity contribution in [3.63, 3.8) is 0 Å². The molecule has 1 aromatic rings. The minimum atomic E-state index is 0.321. The Morgan fingerprint density at radius 3 is 2.62 bits per heavy atom. The van der Waals surface area contributed by atoms with Gasteiger partial charge in [-0.25, -0.2) is 4.99 Å². The van der Waals surface area contributed by atoms with Gasteiger partial charge in [0.05, 0.1) is 11.4 Å². The van der Waals surface area contributed by atoms with E-state index in [1.54, 1.807) is 11.8 Å². The Balaban J connectivity index is 2.41. The van der Waals surface area contributed by atoms with E-state index in [4.69, 9.17) is 10.2 Å². The molecule has 2 rings (SSSR count). The molecule has 1 aliphatic rings. The van der Waals surface area contributed by atoms with Crippen LogP contribution in [0.15, 0.2) is 40.5 Å². The fraction of sp³-hybridized carbons (Fsp3) is 0.182. The van der Waals surface area contributed by atoms with E-state index in [0.717, 1.165) is 5.69 Å². The average Bonchev–Trinajstić information content (AvgIpc) is 2.57. The first-order valence-electron chi connectivity index (χ1n) is 4.84. The van der Waals surface area contributed by atoms with Gasteiger partial charge < -0.3 is 4.84 Å². The second-order valence-electron chi connectivity index (χ2n) is 3.29. The van der Waals surface area contributed by atoms with Crippen molar-refractivity contribution >= 4 is 23.2 Å². The van der Waals surface area contributed by atoms with Crippen molar-refractivity contribution in [1.29, 1.82) is 5.41 Å². The quantitative estimate of drug-likeness (QED) is 0.767. The molecule has 1 aliphatic heterocycles. The second-order valence-corrected chi connectivity index (χ2v) is 3.29. The zero-order valence-corrected chi connectivity index (χ0v) is 9.14. The van der Waals surface area contributed by atoms with Crippen molar-refractivity contribution in [1.82, 2.24) is 0 Å². The van der Waals surface area contributed by atoms with Crippen LogP contribution in [0.3, 0.4) is 0 Å². The second kappa shape index (κ2) is 4.14. The number of benzene rings is 1. The molecule has 0 bridgehead atoms. The number of hydrogen-bond donors (Lipinski definition) is 1. The first-order valence-corrected chi connectivity index (χ1v) is 4.84. The van der Waals surface area contributed by atoms with Gasteiger partial charge in [0.25, 0.3) is 5.96 Å². The maximum atomic E-state index is 7.92. The van der Waals surface area contributed by atoms with Gasteiger partial charge in [0, 0.05) is 0 Å². The number of guanidine groups is 1. The molecule has 5 heteroatoms. The SMILES string of the molecule is CO/N=C1/N=C(C)C(=N)N1c1ccccc1. The summed E-state index contributed by atoms with van der Waals surface area (Å²) in [5.41, 5.74) is 1.48. The van der Waals surface area contributed by atoms with Crippen LogP contribution in [0.25, 0.3) is 0 Å². The summed E-state index contributed by atoms with van der Waals surface area (Å²) in [6.07, 6.45) is 0. The predicted molar refractivity (Wildman–Crippen MR) is 64.2 cm³/mol. The van der Waals surface area contributed by atoms with Crippen molar-refractivity contribution in [2.24, 2.45) is 10.1 Å². The molecular formula is C11H12N4O. The van der Waals surface area contributed by atoms with Crippen LogP contribution in [-0.4, -0.2) is 24.6 Å². The molecule has 0 amide bonds. The van der Waals surface area contributed by atoms with Crippen LogP contribution in [0, 0.1) is 5.41 Å². The minimum absolute atomic E-state index is 0.321. The van der Waals surface area contributed by atoms with Gasteiger partial charge >= 0.3 is 0 Å². The molecule has 0 spiro atoms. The summed E-state index contributed by atoms with van der Waals surface area (Å²) < 4.78 is 0. The maximum absolute atomic E-state index is 7.92. The molecule has 82 valence electrons. The molecule has 1 N–H and O–H groups in total. The smallest absolute Gasteiger partial charge is 0.272 e. The maximum Gasteiger partial charge on any atom is 0.272 e. The minimum Gasteiger partial charge on any atom is -0.396 e. The van der Waals surface area contributed by atoms with E-state index in [1.807, 2.05) is 30.3 Å². The molecule has 0 aliphatic carbocycles. The highest BCUT2D eigenvalue weighted by Crippen LogP contribution is 2.19. The third-order valence-electron chi connectivity index (χ3n) is 2.22. The van der Waals surface area contributed by atoms with Crippen molar-refractivity contribution in [2.45, 2.75) is 6.92 Å². The van der Waals surface area contributed by atoms with Crippen LogP contribution in [0.4, 0.5) is 5.69 Å².